The van der Waals surface area contributed by atoms with E-state index in [2.05, 4.69) is 53.1 Å². The van der Waals surface area contributed by atoms with Crippen molar-refractivity contribution >= 4 is 29.0 Å². The third-order valence-electron chi connectivity index (χ3n) is 6.09. The first-order valence-electron chi connectivity index (χ1n) is 11.3. The molecule has 0 radical (unpaired) electrons. The minimum atomic E-state index is -0.240. The van der Waals surface area contributed by atoms with Crippen molar-refractivity contribution in [2.45, 2.75) is 52.1 Å². The summed E-state index contributed by atoms with van der Waals surface area (Å²) in [5.74, 6) is 0.0704. The quantitative estimate of drug-likeness (QED) is 0.607. The summed E-state index contributed by atoms with van der Waals surface area (Å²) in [5.41, 5.74) is 2.57. The number of nitrogens with one attached hydrogen (secondary N) is 2. The van der Waals surface area contributed by atoms with E-state index in [1.54, 1.807) is 35.6 Å². The molecule has 31 heavy (non-hydrogen) atoms. The lowest BCUT2D eigenvalue weighted by Gasteiger charge is -2.33. The van der Waals surface area contributed by atoms with Crippen LogP contribution in [-0.4, -0.2) is 54.0 Å². The summed E-state index contributed by atoms with van der Waals surface area (Å²) >= 11 is 1.67. The molecule has 2 heterocycles. The van der Waals surface area contributed by atoms with Crippen molar-refractivity contribution in [3.8, 4) is 0 Å². The number of nitrogens with zero attached hydrogens (tertiary/aromatic N) is 2. The first kappa shape index (κ1) is 23.3. The Morgan fingerprint density at radius 3 is 2.52 bits per heavy atom. The molecule has 6 nitrogen and oxygen atoms in total. The van der Waals surface area contributed by atoms with E-state index in [4.69, 9.17) is 0 Å². The van der Waals surface area contributed by atoms with Crippen LogP contribution in [0.25, 0.3) is 0 Å². The van der Waals surface area contributed by atoms with E-state index in [0.29, 0.717) is 17.8 Å². The van der Waals surface area contributed by atoms with Gasteiger partial charge in [-0.2, -0.15) is 11.3 Å². The Balaban J connectivity index is 1.56. The van der Waals surface area contributed by atoms with Gasteiger partial charge in [0.2, 0.25) is 0 Å². The molecule has 0 saturated carbocycles. The molecule has 1 aromatic carbocycles. The van der Waals surface area contributed by atoms with Crippen LogP contribution in [0.15, 0.2) is 41.1 Å². The molecule has 2 atom stereocenters. The fourth-order valence-corrected chi connectivity index (χ4v) is 4.92. The predicted molar refractivity (Wildman–Crippen MR) is 128 cm³/mol. The first-order valence-corrected chi connectivity index (χ1v) is 12.2. The number of thiophene rings is 1. The lowest BCUT2D eigenvalue weighted by Crippen LogP contribution is -2.42. The summed E-state index contributed by atoms with van der Waals surface area (Å²) in [6, 6.07) is 9.49. The maximum Gasteiger partial charge on any atom is 0.319 e. The molecule has 0 bridgehead atoms. The van der Waals surface area contributed by atoms with Crippen LogP contribution in [0, 0.1) is 0 Å². The van der Waals surface area contributed by atoms with Gasteiger partial charge in [0.05, 0.1) is 6.04 Å². The molecule has 0 spiro atoms. The van der Waals surface area contributed by atoms with Crippen LogP contribution < -0.4 is 10.6 Å². The van der Waals surface area contributed by atoms with Gasteiger partial charge < -0.3 is 15.5 Å². The zero-order chi connectivity index (χ0) is 22.2. The zero-order valence-corrected chi connectivity index (χ0v) is 19.6. The monoisotopic (exact) mass is 442 g/mol. The SMILES string of the molecule is CCN(CC)[C@H](CNC(=O)Nc1ccc(C(=O)N2CCCC[C@@H]2C)cc1)c1ccsc1. The molecule has 2 aromatic rings. The van der Waals surface area contributed by atoms with Gasteiger partial charge in [0.15, 0.2) is 0 Å². The summed E-state index contributed by atoms with van der Waals surface area (Å²) < 4.78 is 0. The second kappa shape index (κ2) is 11.3. The number of carbonyl (C=O) groups is 2. The van der Waals surface area contributed by atoms with Crippen LogP contribution in [0.1, 0.15) is 62.0 Å². The normalized spacial score (nSPS) is 17.4. The molecule has 1 fully saturated rings. The number of carbonyl (C=O) groups excluding carboxylic acids is 2. The summed E-state index contributed by atoms with van der Waals surface area (Å²) in [4.78, 5) is 29.6. The van der Waals surface area contributed by atoms with Crippen molar-refractivity contribution in [2.75, 3.05) is 31.5 Å². The van der Waals surface area contributed by atoms with Crippen molar-refractivity contribution in [1.29, 1.82) is 0 Å². The second-order valence-electron chi connectivity index (χ2n) is 8.05. The molecule has 0 aliphatic carbocycles. The maximum atomic E-state index is 12.8. The molecule has 1 aliphatic heterocycles. The van der Waals surface area contributed by atoms with Crippen LogP contribution >= 0.6 is 11.3 Å². The minimum absolute atomic E-state index is 0.0704. The molecular weight excluding hydrogens is 408 g/mol. The third-order valence-corrected chi connectivity index (χ3v) is 6.79. The molecular formula is C24H34N4O2S. The smallest absolute Gasteiger partial charge is 0.319 e. The molecule has 3 rings (SSSR count). The number of rotatable bonds is 8. The van der Waals surface area contributed by atoms with E-state index in [1.165, 1.54) is 12.0 Å². The van der Waals surface area contributed by atoms with Gasteiger partial charge in [0.25, 0.3) is 5.91 Å². The van der Waals surface area contributed by atoms with Crippen molar-refractivity contribution in [2.24, 2.45) is 0 Å². The lowest BCUT2D eigenvalue weighted by atomic mass is 10.0. The Kier molecular flexibility index (Phi) is 8.49. The Hall–Kier alpha value is -2.38. The molecule has 1 aliphatic rings. The highest BCUT2D eigenvalue weighted by atomic mass is 32.1. The number of hydrogen-bond donors (Lipinski definition) is 2. The van der Waals surface area contributed by atoms with Gasteiger partial charge in [-0.3, -0.25) is 9.69 Å². The van der Waals surface area contributed by atoms with Gasteiger partial charge in [0.1, 0.15) is 0 Å². The molecule has 1 aromatic heterocycles. The van der Waals surface area contributed by atoms with E-state index >= 15 is 0 Å². The molecule has 0 unspecified atom stereocenters. The number of amides is 3. The van der Waals surface area contributed by atoms with Gasteiger partial charge in [-0.05, 0) is 85.9 Å². The van der Waals surface area contributed by atoms with Gasteiger partial charge in [-0.25, -0.2) is 4.79 Å². The van der Waals surface area contributed by atoms with Crippen molar-refractivity contribution in [1.82, 2.24) is 15.1 Å². The predicted octanol–water partition coefficient (Wildman–Crippen LogP) is 4.97. The highest BCUT2D eigenvalue weighted by molar-refractivity contribution is 7.08. The van der Waals surface area contributed by atoms with E-state index in [9.17, 15) is 9.59 Å². The van der Waals surface area contributed by atoms with Gasteiger partial charge >= 0.3 is 6.03 Å². The number of anilines is 1. The van der Waals surface area contributed by atoms with Crippen molar-refractivity contribution < 1.29 is 9.59 Å². The summed E-state index contributed by atoms with van der Waals surface area (Å²) in [6.45, 7) is 9.58. The number of likely N-dealkylation sites (tertiary alicyclic amines) is 1. The number of likely N-dealkylation sites (N-methyl/N-ethyl adjacent to an activating group) is 1. The zero-order valence-electron chi connectivity index (χ0n) is 18.8. The average Bonchev–Trinajstić information content (AvgIpc) is 3.31. The fourth-order valence-electron chi connectivity index (χ4n) is 4.21. The molecule has 3 amide bonds. The number of piperidine rings is 1. The van der Waals surface area contributed by atoms with E-state index in [0.717, 1.165) is 32.5 Å². The second-order valence-corrected chi connectivity index (χ2v) is 8.83. The summed E-state index contributed by atoms with van der Waals surface area (Å²) in [6.07, 6.45) is 3.31. The average molecular weight is 443 g/mol. The highest BCUT2D eigenvalue weighted by Crippen LogP contribution is 2.23. The third kappa shape index (κ3) is 6.08. The van der Waals surface area contributed by atoms with E-state index in [1.807, 2.05) is 4.90 Å². The van der Waals surface area contributed by atoms with Crippen LogP contribution in [0.3, 0.4) is 0 Å². The first-order chi connectivity index (χ1) is 15.0. The summed E-state index contributed by atoms with van der Waals surface area (Å²) in [7, 11) is 0. The maximum absolute atomic E-state index is 12.8. The Labute approximate surface area is 189 Å². The van der Waals surface area contributed by atoms with Crippen LogP contribution in [0.5, 0.6) is 0 Å². The highest BCUT2D eigenvalue weighted by Gasteiger charge is 2.24. The number of urea groups is 1. The molecule has 2 N–H and O–H groups in total. The van der Waals surface area contributed by atoms with Crippen molar-refractivity contribution in [3.63, 3.8) is 0 Å². The van der Waals surface area contributed by atoms with E-state index in [-0.39, 0.29) is 24.0 Å². The van der Waals surface area contributed by atoms with Gasteiger partial charge in [-0.15, -0.1) is 0 Å². The molecule has 7 heteroatoms. The van der Waals surface area contributed by atoms with Crippen LogP contribution in [0.2, 0.25) is 0 Å². The number of hydrogen-bond acceptors (Lipinski definition) is 4. The van der Waals surface area contributed by atoms with E-state index < -0.39 is 0 Å². The summed E-state index contributed by atoms with van der Waals surface area (Å²) in [5, 5.41) is 10.1. The van der Waals surface area contributed by atoms with Crippen LogP contribution in [-0.2, 0) is 0 Å². The fraction of sp³-hybridized carbons (Fsp3) is 0.500. The molecule has 168 valence electrons. The molecule has 1 saturated heterocycles. The number of benzene rings is 1. The Morgan fingerprint density at radius 1 is 1.16 bits per heavy atom. The largest absolute Gasteiger partial charge is 0.336 e. The van der Waals surface area contributed by atoms with Gasteiger partial charge in [-0.1, -0.05) is 13.8 Å². The van der Waals surface area contributed by atoms with Crippen LogP contribution in [0.4, 0.5) is 10.5 Å². The minimum Gasteiger partial charge on any atom is -0.336 e. The Morgan fingerprint density at radius 2 is 1.90 bits per heavy atom. The standard InChI is InChI=1S/C24H34N4O2S/c1-4-27(5-2)22(20-13-15-31-17-20)16-25-24(30)26-21-11-9-19(10-12-21)23(29)28-14-7-6-8-18(28)3/h9-13,15,17-18,22H,4-8,14,16H2,1-3H3,(H2,25,26,30)/t18-,22+/m0/s1. The van der Waals surface area contributed by atoms with Gasteiger partial charge in [0, 0.05) is 30.4 Å². The Bertz CT molecular complexity index is 834. The topological polar surface area (TPSA) is 64.7 Å². The lowest BCUT2D eigenvalue weighted by molar-refractivity contribution is 0.0635. The van der Waals surface area contributed by atoms with Crippen molar-refractivity contribution in [3.05, 3.63) is 52.2 Å².